The molecule has 0 aliphatic heterocycles. The molecule has 0 amide bonds. The zero-order valence-electron chi connectivity index (χ0n) is 8.11. The smallest absolute Gasteiger partial charge is 0.155 e. The minimum Gasteiger partial charge on any atom is -0.486 e. The molecular formula is C10H9ClN2OS. The Morgan fingerprint density at radius 2 is 2.00 bits per heavy atom. The zero-order valence-corrected chi connectivity index (χ0v) is 9.68. The molecule has 2 aromatic rings. The molecule has 1 aromatic carbocycles. The van der Waals surface area contributed by atoms with E-state index in [9.17, 15) is 0 Å². The molecule has 0 saturated carbocycles. The van der Waals surface area contributed by atoms with E-state index in [0.717, 1.165) is 15.8 Å². The van der Waals surface area contributed by atoms with Crippen molar-refractivity contribution in [2.24, 2.45) is 0 Å². The molecule has 0 spiro atoms. The van der Waals surface area contributed by atoms with E-state index in [1.54, 1.807) is 12.1 Å². The van der Waals surface area contributed by atoms with Crippen molar-refractivity contribution in [3.05, 3.63) is 39.3 Å². The van der Waals surface area contributed by atoms with E-state index in [2.05, 4.69) is 10.2 Å². The number of rotatable bonds is 3. The van der Waals surface area contributed by atoms with Gasteiger partial charge in [0.15, 0.2) is 5.01 Å². The second kappa shape index (κ2) is 4.59. The van der Waals surface area contributed by atoms with Crippen LogP contribution < -0.4 is 4.74 Å². The molecule has 0 atom stereocenters. The largest absolute Gasteiger partial charge is 0.486 e. The minimum atomic E-state index is 0.452. The van der Waals surface area contributed by atoms with Crippen LogP contribution in [0.2, 0.25) is 5.02 Å². The summed E-state index contributed by atoms with van der Waals surface area (Å²) >= 11 is 7.29. The Kier molecular flexibility index (Phi) is 3.18. The lowest BCUT2D eigenvalue weighted by Gasteiger charge is -2.02. The molecule has 15 heavy (non-hydrogen) atoms. The van der Waals surface area contributed by atoms with Crippen LogP contribution in [-0.4, -0.2) is 10.2 Å². The molecule has 0 radical (unpaired) electrons. The minimum absolute atomic E-state index is 0.452. The first kappa shape index (κ1) is 10.4. The Bertz CT molecular complexity index is 441. The van der Waals surface area contributed by atoms with Gasteiger partial charge in [-0.3, -0.25) is 0 Å². The molecule has 0 aliphatic carbocycles. The summed E-state index contributed by atoms with van der Waals surface area (Å²) in [6.07, 6.45) is 0. The number of halogens is 1. The van der Waals surface area contributed by atoms with Crippen molar-refractivity contribution in [3.63, 3.8) is 0 Å². The van der Waals surface area contributed by atoms with E-state index >= 15 is 0 Å². The maximum absolute atomic E-state index is 5.76. The maximum Gasteiger partial charge on any atom is 0.155 e. The molecule has 3 nitrogen and oxygen atoms in total. The van der Waals surface area contributed by atoms with Crippen molar-refractivity contribution in [1.29, 1.82) is 0 Å². The Hall–Kier alpha value is -1.13. The first-order valence-corrected chi connectivity index (χ1v) is 5.61. The van der Waals surface area contributed by atoms with Gasteiger partial charge in [-0.2, -0.15) is 0 Å². The summed E-state index contributed by atoms with van der Waals surface area (Å²) in [6.45, 7) is 2.37. The number of benzene rings is 1. The average Bonchev–Trinajstić information content (AvgIpc) is 2.64. The molecule has 0 N–H and O–H groups in total. The van der Waals surface area contributed by atoms with Gasteiger partial charge in [-0.15, -0.1) is 10.2 Å². The van der Waals surface area contributed by atoms with Gasteiger partial charge < -0.3 is 4.74 Å². The van der Waals surface area contributed by atoms with Crippen molar-refractivity contribution in [3.8, 4) is 5.75 Å². The maximum atomic E-state index is 5.76. The van der Waals surface area contributed by atoms with E-state index in [1.165, 1.54) is 11.3 Å². The van der Waals surface area contributed by atoms with Gasteiger partial charge in [0.2, 0.25) is 0 Å². The van der Waals surface area contributed by atoms with Gasteiger partial charge in [-0.1, -0.05) is 22.9 Å². The number of hydrogen-bond donors (Lipinski definition) is 0. The van der Waals surface area contributed by atoms with Crippen molar-refractivity contribution < 1.29 is 4.74 Å². The van der Waals surface area contributed by atoms with Crippen molar-refractivity contribution in [2.75, 3.05) is 0 Å². The fourth-order valence-corrected chi connectivity index (χ4v) is 1.82. The van der Waals surface area contributed by atoms with E-state index in [0.29, 0.717) is 11.6 Å². The van der Waals surface area contributed by atoms with Crippen LogP contribution in [0.5, 0.6) is 5.75 Å². The van der Waals surface area contributed by atoms with Crippen LogP contribution in [0.3, 0.4) is 0 Å². The summed E-state index contributed by atoms with van der Waals surface area (Å²) in [5.41, 5.74) is 0. The van der Waals surface area contributed by atoms with Gasteiger partial charge in [-0.25, -0.2) is 0 Å². The molecule has 0 saturated heterocycles. The Balaban J connectivity index is 1.96. The first-order valence-electron chi connectivity index (χ1n) is 4.41. The molecule has 1 heterocycles. The number of hydrogen-bond acceptors (Lipinski definition) is 4. The van der Waals surface area contributed by atoms with Gasteiger partial charge in [-0.05, 0) is 31.2 Å². The van der Waals surface area contributed by atoms with Crippen LogP contribution >= 0.6 is 22.9 Å². The molecule has 2 rings (SSSR count). The summed E-state index contributed by atoms with van der Waals surface area (Å²) in [7, 11) is 0. The average molecular weight is 241 g/mol. The molecule has 5 heteroatoms. The van der Waals surface area contributed by atoms with Gasteiger partial charge in [0.1, 0.15) is 17.4 Å². The summed E-state index contributed by atoms with van der Waals surface area (Å²) in [4.78, 5) is 0. The summed E-state index contributed by atoms with van der Waals surface area (Å²) in [5.74, 6) is 0.784. The SMILES string of the molecule is Cc1nnc(COc2ccc(Cl)cc2)s1. The van der Waals surface area contributed by atoms with E-state index in [4.69, 9.17) is 16.3 Å². The van der Waals surface area contributed by atoms with Crippen LogP contribution in [0, 0.1) is 6.92 Å². The Labute approximate surface area is 96.7 Å². The fourth-order valence-electron chi connectivity index (χ4n) is 1.07. The van der Waals surface area contributed by atoms with Crippen LogP contribution in [0.4, 0.5) is 0 Å². The second-order valence-corrected chi connectivity index (χ2v) is 4.66. The molecule has 1 aromatic heterocycles. The number of ether oxygens (including phenoxy) is 1. The Morgan fingerprint density at radius 3 is 2.60 bits per heavy atom. The van der Waals surface area contributed by atoms with E-state index < -0.39 is 0 Å². The lowest BCUT2D eigenvalue weighted by Crippen LogP contribution is -1.94. The molecule has 0 bridgehead atoms. The van der Waals surface area contributed by atoms with Crippen LogP contribution in [0.25, 0.3) is 0 Å². The highest BCUT2D eigenvalue weighted by atomic mass is 35.5. The third kappa shape index (κ3) is 2.91. The van der Waals surface area contributed by atoms with Crippen LogP contribution in [0.1, 0.15) is 10.0 Å². The predicted molar refractivity (Wildman–Crippen MR) is 60.4 cm³/mol. The summed E-state index contributed by atoms with van der Waals surface area (Å²) in [6, 6.07) is 7.25. The first-order chi connectivity index (χ1) is 7.24. The normalized spacial score (nSPS) is 10.3. The monoisotopic (exact) mass is 240 g/mol. The van der Waals surface area contributed by atoms with Gasteiger partial charge in [0, 0.05) is 5.02 Å². The lowest BCUT2D eigenvalue weighted by atomic mass is 10.3. The molecule has 0 unspecified atom stereocenters. The Morgan fingerprint density at radius 1 is 1.27 bits per heavy atom. The van der Waals surface area contributed by atoms with Crippen molar-refractivity contribution in [2.45, 2.75) is 13.5 Å². The predicted octanol–water partition coefficient (Wildman–Crippen LogP) is 3.08. The summed E-state index contributed by atoms with van der Waals surface area (Å²) < 4.78 is 5.51. The van der Waals surface area contributed by atoms with E-state index in [1.807, 2.05) is 19.1 Å². The highest BCUT2D eigenvalue weighted by Gasteiger charge is 2.01. The second-order valence-electron chi connectivity index (χ2n) is 2.96. The van der Waals surface area contributed by atoms with Gasteiger partial charge in [0.25, 0.3) is 0 Å². The van der Waals surface area contributed by atoms with Gasteiger partial charge >= 0.3 is 0 Å². The third-order valence-electron chi connectivity index (χ3n) is 1.74. The molecule has 78 valence electrons. The topological polar surface area (TPSA) is 35.0 Å². The standard InChI is InChI=1S/C10H9ClN2OS/c1-7-12-13-10(15-7)6-14-9-4-2-8(11)3-5-9/h2-5H,6H2,1H3. The fraction of sp³-hybridized carbons (Fsp3) is 0.200. The van der Waals surface area contributed by atoms with E-state index in [-0.39, 0.29) is 0 Å². The lowest BCUT2D eigenvalue weighted by molar-refractivity contribution is 0.304. The van der Waals surface area contributed by atoms with Crippen molar-refractivity contribution >= 4 is 22.9 Å². The van der Waals surface area contributed by atoms with Crippen LogP contribution in [-0.2, 0) is 6.61 Å². The zero-order chi connectivity index (χ0) is 10.7. The molecule has 0 fully saturated rings. The van der Waals surface area contributed by atoms with Gasteiger partial charge in [0.05, 0.1) is 0 Å². The molecular weight excluding hydrogens is 232 g/mol. The quantitative estimate of drug-likeness (QED) is 0.827. The number of aromatic nitrogens is 2. The number of aryl methyl sites for hydroxylation is 1. The number of nitrogens with zero attached hydrogens (tertiary/aromatic N) is 2. The highest BCUT2D eigenvalue weighted by molar-refractivity contribution is 7.11. The van der Waals surface area contributed by atoms with Crippen molar-refractivity contribution in [1.82, 2.24) is 10.2 Å². The third-order valence-corrected chi connectivity index (χ3v) is 2.81. The molecule has 0 aliphatic rings. The summed E-state index contributed by atoms with van der Waals surface area (Å²) in [5, 5.41) is 10.4. The highest BCUT2D eigenvalue weighted by Crippen LogP contribution is 2.17. The van der Waals surface area contributed by atoms with Crippen LogP contribution in [0.15, 0.2) is 24.3 Å².